The molecule has 0 saturated heterocycles. The average Bonchev–Trinajstić information content (AvgIpc) is 2.33. The summed E-state index contributed by atoms with van der Waals surface area (Å²) < 4.78 is 19.1. The first kappa shape index (κ1) is 12.6. The van der Waals surface area contributed by atoms with Crippen LogP contribution in [0.1, 0.15) is 0 Å². The molecule has 3 N–H and O–H groups in total. The van der Waals surface area contributed by atoms with Gasteiger partial charge in [0, 0.05) is 19.2 Å². The molecule has 0 aliphatic carbocycles. The topological polar surface area (TPSA) is 73.1 Å². The summed E-state index contributed by atoms with van der Waals surface area (Å²) in [6.45, 7) is 0. The lowest BCUT2D eigenvalue weighted by atomic mass is 10.3. The molecule has 0 radical (unpaired) electrons. The quantitative estimate of drug-likeness (QED) is 0.911. The Morgan fingerprint density at radius 1 is 1.33 bits per heavy atom. The van der Waals surface area contributed by atoms with Crippen LogP contribution in [0, 0.1) is 5.82 Å². The van der Waals surface area contributed by atoms with Crippen LogP contribution in [-0.2, 0) is 0 Å². The van der Waals surface area contributed by atoms with Gasteiger partial charge in [0.15, 0.2) is 0 Å². The van der Waals surface area contributed by atoms with E-state index in [0.29, 0.717) is 16.0 Å². The summed E-state index contributed by atoms with van der Waals surface area (Å²) in [5.41, 5.74) is 5.52. The number of hydrogen-bond acceptors (Lipinski definition) is 5. The predicted octanol–water partition coefficient (Wildman–Crippen LogP) is 2.79. The number of aromatic nitrogens is 2. The molecule has 1 aromatic carbocycles. The molecule has 7 heteroatoms. The largest absolute Gasteiger partial charge is 0.439 e. The summed E-state index contributed by atoms with van der Waals surface area (Å²) in [4.78, 5) is 7.82. The van der Waals surface area contributed by atoms with Gasteiger partial charge in [0.25, 0.3) is 0 Å². The number of ether oxygens (including phenoxy) is 1. The van der Waals surface area contributed by atoms with Gasteiger partial charge in [0.05, 0.1) is 4.47 Å². The van der Waals surface area contributed by atoms with E-state index in [1.54, 1.807) is 25.2 Å². The highest BCUT2D eigenvalue weighted by Crippen LogP contribution is 2.25. The van der Waals surface area contributed by atoms with Gasteiger partial charge in [-0.25, -0.2) is 4.39 Å². The number of hydrogen-bond donors (Lipinski definition) is 2. The molecule has 0 spiro atoms. The molecular weight excluding hydrogens is 303 g/mol. The second kappa shape index (κ2) is 5.18. The third-order valence-electron chi connectivity index (χ3n) is 2.09. The van der Waals surface area contributed by atoms with Crippen LogP contribution in [0.15, 0.2) is 28.7 Å². The van der Waals surface area contributed by atoms with Crippen molar-refractivity contribution in [3.05, 3.63) is 34.6 Å². The third kappa shape index (κ3) is 2.86. The normalized spacial score (nSPS) is 10.2. The van der Waals surface area contributed by atoms with Crippen molar-refractivity contribution < 1.29 is 9.13 Å². The van der Waals surface area contributed by atoms with E-state index in [0.717, 1.165) is 0 Å². The van der Waals surface area contributed by atoms with Gasteiger partial charge in [-0.15, -0.1) is 0 Å². The first-order chi connectivity index (χ1) is 8.58. The Balaban J connectivity index is 2.27. The molecule has 1 aromatic heterocycles. The molecule has 0 unspecified atom stereocenters. The van der Waals surface area contributed by atoms with Crippen molar-refractivity contribution in [1.82, 2.24) is 9.97 Å². The average molecular weight is 313 g/mol. The molecule has 0 atom stereocenters. The zero-order valence-corrected chi connectivity index (χ0v) is 11.0. The monoisotopic (exact) mass is 312 g/mol. The van der Waals surface area contributed by atoms with E-state index in [-0.39, 0.29) is 11.8 Å². The summed E-state index contributed by atoms with van der Waals surface area (Å²) in [6, 6.07) is 5.98. The van der Waals surface area contributed by atoms with Gasteiger partial charge in [-0.05, 0) is 28.1 Å². The van der Waals surface area contributed by atoms with Crippen LogP contribution in [0.4, 0.5) is 16.2 Å². The fourth-order valence-corrected chi connectivity index (χ4v) is 1.53. The van der Waals surface area contributed by atoms with Gasteiger partial charge in [-0.1, -0.05) is 0 Å². The van der Waals surface area contributed by atoms with Crippen LogP contribution in [0.5, 0.6) is 11.6 Å². The van der Waals surface area contributed by atoms with Crippen LogP contribution in [0.3, 0.4) is 0 Å². The molecule has 0 fully saturated rings. The standard InChI is InChI=1S/C11H10BrFN4O/c1-15-9-5-10(17-11(14)16-9)18-6-2-3-7(12)8(13)4-6/h2-5H,1H3,(H3,14,15,16,17). The van der Waals surface area contributed by atoms with Crippen molar-refractivity contribution in [3.63, 3.8) is 0 Å². The van der Waals surface area contributed by atoms with Gasteiger partial charge in [0.1, 0.15) is 17.4 Å². The number of anilines is 2. The van der Waals surface area contributed by atoms with E-state index in [9.17, 15) is 4.39 Å². The van der Waals surface area contributed by atoms with Crippen LogP contribution in [0.25, 0.3) is 0 Å². The number of benzene rings is 1. The number of nitrogen functional groups attached to an aromatic ring is 1. The van der Waals surface area contributed by atoms with Crippen LogP contribution >= 0.6 is 15.9 Å². The Bertz CT molecular complexity index is 579. The lowest BCUT2D eigenvalue weighted by Crippen LogP contribution is -2.01. The van der Waals surface area contributed by atoms with E-state index < -0.39 is 5.82 Å². The minimum absolute atomic E-state index is 0.0782. The molecule has 94 valence electrons. The molecule has 2 rings (SSSR count). The van der Waals surface area contributed by atoms with Crippen LogP contribution in [0.2, 0.25) is 0 Å². The highest BCUT2D eigenvalue weighted by Gasteiger charge is 2.06. The van der Waals surface area contributed by atoms with Gasteiger partial charge in [-0.3, -0.25) is 0 Å². The van der Waals surface area contributed by atoms with E-state index >= 15 is 0 Å². The smallest absolute Gasteiger partial charge is 0.226 e. The number of nitrogens with one attached hydrogen (secondary N) is 1. The Morgan fingerprint density at radius 3 is 2.78 bits per heavy atom. The minimum Gasteiger partial charge on any atom is -0.439 e. The van der Waals surface area contributed by atoms with Crippen LogP contribution in [-0.4, -0.2) is 17.0 Å². The number of rotatable bonds is 3. The second-order valence-electron chi connectivity index (χ2n) is 3.38. The Hall–Kier alpha value is -1.89. The third-order valence-corrected chi connectivity index (χ3v) is 2.73. The zero-order valence-electron chi connectivity index (χ0n) is 9.45. The first-order valence-electron chi connectivity index (χ1n) is 5.03. The molecule has 0 aliphatic heterocycles. The fourth-order valence-electron chi connectivity index (χ4n) is 1.28. The summed E-state index contributed by atoms with van der Waals surface area (Å²) in [5, 5.41) is 2.82. The van der Waals surface area contributed by atoms with Gasteiger partial charge >= 0.3 is 0 Å². The summed E-state index contributed by atoms with van der Waals surface area (Å²) in [6.07, 6.45) is 0. The summed E-state index contributed by atoms with van der Waals surface area (Å²) >= 11 is 3.06. The maximum atomic E-state index is 13.3. The van der Waals surface area contributed by atoms with Crippen LogP contribution < -0.4 is 15.8 Å². The molecule has 0 aliphatic rings. The molecule has 5 nitrogen and oxygen atoms in total. The minimum atomic E-state index is -0.414. The fraction of sp³-hybridized carbons (Fsp3) is 0.0909. The number of halogens is 2. The van der Waals surface area contributed by atoms with Gasteiger partial charge in [0.2, 0.25) is 11.8 Å². The van der Waals surface area contributed by atoms with Gasteiger partial charge in [-0.2, -0.15) is 9.97 Å². The number of nitrogens with two attached hydrogens (primary N) is 1. The van der Waals surface area contributed by atoms with Crippen molar-refractivity contribution in [2.24, 2.45) is 0 Å². The Morgan fingerprint density at radius 2 is 2.11 bits per heavy atom. The molecule has 0 bridgehead atoms. The van der Waals surface area contributed by atoms with Gasteiger partial charge < -0.3 is 15.8 Å². The zero-order chi connectivity index (χ0) is 13.1. The maximum absolute atomic E-state index is 13.3. The van der Waals surface area contributed by atoms with Crippen molar-refractivity contribution >= 4 is 27.7 Å². The van der Waals surface area contributed by atoms with Crippen molar-refractivity contribution in [2.75, 3.05) is 18.1 Å². The highest BCUT2D eigenvalue weighted by atomic mass is 79.9. The SMILES string of the molecule is CNc1cc(Oc2ccc(Br)c(F)c2)nc(N)n1. The number of nitrogens with zero attached hydrogens (tertiary/aromatic N) is 2. The Labute approximate surface area is 111 Å². The molecule has 1 heterocycles. The lowest BCUT2D eigenvalue weighted by molar-refractivity contribution is 0.457. The molecule has 18 heavy (non-hydrogen) atoms. The van der Waals surface area contributed by atoms with E-state index in [1.165, 1.54) is 6.07 Å². The van der Waals surface area contributed by atoms with E-state index in [4.69, 9.17) is 10.5 Å². The second-order valence-corrected chi connectivity index (χ2v) is 4.23. The lowest BCUT2D eigenvalue weighted by Gasteiger charge is -2.07. The highest BCUT2D eigenvalue weighted by molar-refractivity contribution is 9.10. The summed E-state index contributed by atoms with van der Waals surface area (Å²) in [5.74, 6) is 0.761. The maximum Gasteiger partial charge on any atom is 0.226 e. The molecule has 2 aromatic rings. The van der Waals surface area contributed by atoms with E-state index in [1.807, 2.05) is 0 Å². The predicted molar refractivity (Wildman–Crippen MR) is 70.2 cm³/mol. The molecule has 0 saturated carbocycles. The summed E-state index contributed by atoms with van der Waals surface area (Å²) in [7, 11) is 1.70. The van der Waals surface area contributed by atoms with Crippen molar-refractivity contribution in [1.29, 1.82) is 0 Å². The molecular formula is C11H10BrFN4O. The molecule has 0 amide bonds. The Kier molecular flexibility index (Phi) is 3.61. The van der Waals surface area contributed by atoms with Crippen molar-refractivity contribution in [3.8, 4) is 11.6 Å². The van der Waals surface area contributed by atoms with Crippen molar-refractivity contribution in [2.45, 2.75) is 0 Å². The first-order valence-corrected chi connectivity index (χ1v) is 5.83. The van der Waals surface area contributed by atoms with E-state index in [2.05, 4.69) is 31.2 Å².